The van der Waals surface area contributed by atoms with Crippen molar-refractivity contribution in [1.29, 1.82) is 0 Å². The number of hydrogen-bond donors (Lipinski definition) is 4. The molecule has 0 spiro atoms. The Bertz CT molecular complexity index is 775. The van der Waals surface area contributed by atoms with Crippen LogP contribution in [-0.2, 0) is 0 Å². The monoisotopic (exact) mass is 366 g/mol. The quantitative estimate of drug-likeness (QED) is 0.553. The first-order chi connectivity index (χ1) is 12.0. The normalized spacial score (nSPS) is 20.8. The highest BCUT2D eigenvalue weighted by Crippen LogP contribution is 2.28. The van der Waals surface area contributed by atoms with E-state index in [-0.39, 0.29) is 30.7 Å². The van der Waals surface area contributed by atoms with Crippen molar-refractivity contribution < 1.29 is 24.5 Å². The Balaban J connectivity index is 1.91. The van der Waals surface area contributed by atoms with Crippen LogP contribution in [0.3, 0.4) is 0 Å². The van der Waals surface area contributed by atoms with E-state index in [0.29, 0.717) is 10.7 Å². The van der Waals surface area contributed by atoms with Gasteiger partial charge in [0, 0.05) is 11.1 Å². The third-order valence-corrected chi connectivity index (χ3v) is 3.54. The van der Waals surface area contributed by atoms with E-state index in [9.17, 15) is 15.0 Å². The van der Waals surface area contributed by atoms with Gasteiger partial charge in [-0.1, -0.05) is 11.6 Å². The summed E-state index contributed by atoms with van der Waals surface area (Å²) in [4.78, 5) is 20.0. The summed E-state index contributed by atoms with van der Waals surface area (Å²) in [7, 11) is 0. The van der Waals surface area contributed by atoms with Gasteiger partial charge in [-0.3, -0.25) is 10.3 Å². The van der Waals surface area contributed by atoms with Gasteiger partial charge in [0.25, 0.3) is 0 Å². The van der Waals surface area contributed by atoms with Gasteiger partial charge >= 0.3 is 6.03 Å². The second-order valence-electron chi connectivity index (χ2n) is 5.22. The number of ether oxygens (including phenoxy) is 2. The van der Waals surface area contributed by atoms with E-state index in [1.54, 1.807) is 12.1 Å². The van der Waals surface area contributed by atoms with Crippen LogP contribution in [0.4, 0.5) is 16.3 Å². The number of rotatable bonds is 0. The molecule has 2 unspecified atom stereocenters. The predicted molar refractivity (Wildman–Crippen MR) is 89.1 cm³/mol. The van der Waals surface area contributed by atoms with Gasteiger partial charge in [0.15, 0.2) is 5.82 Å². The fourth-order valence-electron chi connectivity index (χ4n) is 2.03. The summed E-state index contributed by atoms with van der Waals surface area (Å²) in [6.45, 7) is -0.454. The minimum Gasteiger partial charge on any atom is -0.489 e. The first-order valence-electron chi connectivity index (χ1n) is 7.32. The van der Waals surface area contributed by atoms with E-state index in [4.69, 9.17) is 21.1 Å². The molecular formula is C15H15ClN4O5. The molecule has 25 heavy (non-hydrogen) atoms. The highest BCUT2D eigenvalue weighted by molar-refractivity contribution is 6.30. The molecule has 1 aliphatic rings. The van der Waals surface area contributed by atoms with Crippen LogP contribution in [0, 0.1) is 0 Å². The minimum absolute atomic E-state index is 0.0919. The van der Waals surface area contributed by atoms with Crippen LogP contribution >= 0.6 is 11.6 Å². The van der Waals surface area contributed by atoms with Gasteiger partial charge in [-0.05, 0) is 12.1 Å². The number of nitrogens with one attached hydrogen (secondary N) is 2. The Morgan fingerprint density at radius 3 is 2.68 bits per heavy atom. The van der Waals surface area contributed by atoms with Crippen molar-refractivity contribution in [3.63, 3.8) is 0 Å². The van der Waals surface area contributed by atoms with E-state index < -0.39 is 18.2 Å². The zero-order chi connectivity index (χ0) is 17.8. The molecule has 0 radical (unpaired) electrons. The van der Waals surface area contributed by atoms with Gasteiger partial charge in [-0.25, -0.2) is 4.79 Å². The SMILES string of the molecule is O=C1Nc2cncc(n2)OCC(O)C(O)COc2cc(Cl)ccc2N1. The molecule has 2 aromatic rings. The van der Waals surface area contributed by atoms with Crippen molar-refractivity contribution in [3.05, 3.63) is 35.6 Å². The zero-order valence-electron chi connectivity index (χ0n) is 12.8. The van der Waals surface area contributed by atoms with E-state index in [1.165, 1.54) is 18.5 Å². The van der Waals surface area contributed by atoms with Crippen LogP contribution in [0.1, 0.15) is 0 Å². The molecule has 132 valence electrons. The lowest BCUT2D eigenvalue weighted by atomic mass is 10.2. The van der Waals surface area contributed by atoms with Gasteiger partial charge in [0.1, 0.15) is 31.2 Å². The zero-order valence-corrected chi connectivity index (χ0v) is 13.6. The molecule has 2 atom stereocenters. The van der Waals surface area contributed by atoms with Crippen molar-refractivity contribution in [2.45, 2.75) is 12.2 Å². The molecule has 3 rings (SSSR count). The molecule has 2 heterocycles. The summed E-state index contributed by atoms with van der Waals surface area (Å²) in [5.41, 5.74) is 0.334. The Morgan fingerprint density at radius 1 is 1.12 bits per heavy atom. The maximum Gasteiger partial charge on any atom is 0.325 e. The molecule has 9 nitrogen and oxygen atoms in total. The topological polar surface area (TPSA) is 126 Å². The third-order valence-electron chi connectivity index (χ3n) is 3.30. The first kappa shape index (κ1) is 17.2. The molecule has 4 N–H and O–H groups in total. The number of carbonyl (C=O) groups excluding carboxylic acids is 1. The highest BCUT2D eigenvalue weighted by Gasteiger charge is 2.20. The fourth-order valence-corrected chi connectivity index (χ4v) is 2.20. The van der Waals surface area contributed by atoms with Crippen LogP contribution < -0.4 is 20.1 Å². The van der Waals surface area contributed by atoms with Gasteiger partial charge in [-0.2, -0.15) is 4.98 Å². The number of hydrogen-bond acceptors (Lipinski definition) is 7. The number of aliphatic hydroxyl groups is 2. The van der Waals surface area contributed by atoms with Crippen molar-refractivity contribution in [1.82, 2.24) is 9.97 Å². The second kappa shape index (κ2) is 7.51. The number of fused-ring (bicyclic) bond motifs is 3. The highest BCUT2D eigenvalue weighted by atomic mass is 35.5. The number of nitrogens with zero attached hydrogens (tertiary/aromatic N) is 2. The lowest BCUT2D eigenvalue weighted by Gasteiger charge is -2.20. The number of amides is 2. The summed E-state index contributed by atoms with van der Waals surface area (Å²) in [5, 5.41) is 25.4. The van der Waals surface area contributed by atoms with Crippen LogP contribution in [0.15, 0.2) is 30.6 Å². The van der Waals surface area contributed by atoms with Crippen LogP contribution in [0.5, 0.6) is 11.6 Å². The largest absolute Gasteiger partial charge is 0.489 e. The molecule has 1 aromatic heterocycles. The molecule has 1 aliphatic heterocycles. The first-order valence-corrected chi connectivity index (χ1v) is 7.70. The molecular weight excluding hydrogens is 352 g/mol. The van der Waals surface area contributed by atoms with Crippen molar-refractivity contribution in [3.8, 4) is 11.6 Å². The number of aliphatic hydroxyl groups excluding tert-OH is 2. The van der Waals surface area contributed by atoms with Crippen LogP contribution in [0.25, 0.3) is 0 Å². The van der Waals surface area contributed by atoms with E-state index in [2.05, 4.69) is 20.6 Å². The van der Waals surface area contributed by atoms with Crippen molar-refractivity contribution in [2.24, 2.45) is 0 Å². The lowest BCUT2D eigenvalue weighted by Crippen LogP contribution is -2.36. The van der Waals surface area contributed by atoms with Gasteiger partial charge < -0.3 is 25.0 Å². The molecule has 2 bridgehead atoms. The summed E-state index contributed by atoms with van der Waals surface area (Å²) in [6, 6.07) is 4.04. The molecule has 1 aromatic carbocycles. The van der Waals surface area contributed by atoms with E-state index >= 15 is 0 Å². The Hall–Kier alpha value is -2.62. The Morgan fingerprint density at radius 2 is 1.88 bits per heavy atom. The third kappa shape index (κ3) is 4.47. The number of carbonyl (C=O) groups is 1. The maximum atomic E-state index is 12.1. The minimum atomic E-state index is -1.22. The van der Waals surface area contributed by atoms with Gasteiger partial charge in [-0.15, -0.1) is 0 Å². The smallest absolute Gasteiger partial charge is 0.325 e. The summed E-state index contributed by atoms with van der Waals surface area (Å²) < 4.78 is 10.7. The Kier molecular flexibility index (Phi) is 5.17. The summed E-state index contributed by atoms with van der Waals surface area (Å²) in [6.07, 6.45) is 0.225. The predicted octanol–water partition coefficient (Wildman–Crippen LogP) is 1.27. The molecule has 0 saturated heterocycles. The average Bonchev–Trinajstić information content (AvgIpc) is 2.59. The van der Waals surface area contributed by atoms with E-state index in [1.807, 2.05) is 0 Å². The maximum absolute atomic E-state index is 12.1. The van der Waals surface area contributed by atoms with E-state index in [0.717, 1.165) is 0 Å². The van der Waals surface area contributed by atoms with Crippen LogP contribution in [-0.4, -0.2) is 51.6 Å². The number of anilines is 2. The Labute approximate surface area is 147 Å². The molecule has 10 heteroatoms. The number of benzene rings is 1. The molecule has 0 saturated carbocycles. The fraction of sp³-hybridized carbons (Fsp3) is 0.267. The van der Waals surface area contributed by atoms with Crippen molar-refractivity contribution in [2.75, 3.05) is 23.8 Å². The molecule has 2 amide bonds. The van der Waals surface area contributed by atoms with Crippen LogP contribution in [0.2, 0.25) is 5.02 Å². The number of aromatic nitrogens is 2. The number of halogens is 1. The average molecular weight is 367 g/mol. The molecule has 0 aliphatic carbocycles. The standard InChI is InChI=1S/C15H15ClN4O5/c16-8-1-2-9-12(3-8)24-6-10(21)11(22)7-25-14-5-17-4-13(19-14)20-15(23)18-9/h1-5,10-11,21-22H,6-7H2,(H2,18,19,20,23). The van der Waals surface area contributed by atoms with Gasteiger partial charge in [0.05, 0.1) is 18.1 Å². The second-order valence-corrected chi connectivity index (χ2v) is 5.66. The summed E-state index contributed by atoms with van der Waals surface area (Å²) in [5.74, 6) is 0.486. The van der Waals surface area contributed by atoms with Gasteiger partial charge in [0.2, 0.25) is 5.88 Å². The summed E-state index contributed by atoms with van der Waals surface area (Å²) >= 11 is 5.94. The lowest BCUT2D eigenvalue weighted by molar-refractivity contribution is -0.0294. The molecule has 0 fully saturated rings. The van der Waals surface area contributed by atoms with Crippen molar-refractivity contribution >= 4 is 29.1 Å². The number of urea groups is 1.